The molecule has 0 radical (unpaired) electrons. The predicted molar refractivity (Wildman–Crippen MR) is 57.6 cm³/mol. The fourth-order valence-corrected chi connectivity index (χ4v) is 1.47. The third-order valence-corrected chi connectivity index (χ3v) is 2.03. The Labute approximate surface area is 87.3 Å². The van der Waals surface area contributed by atoms with Crippen LogP contribution < -0.4 is 5.32 Å². The highest BCUT2D eigenvalue weighted by atomic mass is 35.5. The number of hydrogen-bond acceptors (Lipinski definition) is 4. The van der Waals surface area contributed by atoms with Crippen molar-refractivity contribution in [3.05, 3.63) is 11.2 Å². The van der Waals surface area contributed by atoms with Crippen LogP contribution in [0.4, 0.5) is 5.82 Å². The molecule has 0 bridgehead atoms. The van der Waals surface area contributed by atoms with Gasteiger partial charge in [-0.1, -0.05) is 23.4 Å². The second-order valence-corrected chi connectivity index (χ2v) is 4.02. The zero-order valence-electron chi connectivity index (χ0n) is 7.84. The van der Waals surface area contributed by atoms with Gasteiger partial charge >= 0.3 is 0 Å². The number of nitrogens with zero attached hydrogens (tertiary/aromatic N) is 2. The average Bonchev–Trinajstić information content (AvgIpc) is 2.01. The Morgan fingerprint density at radius 2 is 2.15 bits per heavy atom. The molecule has 1 aromatic heterocycles. The number of anilines is 1. The molecule has 0 aliphatic heterocycles. The SMILES string of the molecule is CSc1nc(Cl)cc(NC(C)C)n1. The molecule has 0 aliphatic rings. The van der Waals surface area contributed by atoms with Crippen LogP contribution in [0.2, 0.25) is 5.15 Å². The molecule has 72 valence electrons. The summed E-state index contributed by atoms with van der Waals surface area (Å²) < 4.78 is 0. The number of aromatic nitrogens is 2. The van der Waals surface area contributed by atoms with Crippen molar-refractivity contribution in [1.29, 1.82) is 0 Å². The van der Waals surface area contributed by atoms with Gasteiger partial charge in [0.15, 0.2) is 5.16 Å². The molecule has 0 saturated heterocycles. The zero-order chi connectivity index (χ0) is 9.84. The average molecular weight is 218 g/mol. The van der Waals surface area contributed by atoms with Crippen molar-refractivity contribution >= 4 is 29.2 Å². The first-order valence-electron chi connectivity index (χ1n) is 3.97. The molecule has 3 nitrogen and oxygen atoms in total. The van der Waals surface area contributed by atoms with E-state index in [2.05, 4.69) is 29.1 Å². The summed E-state index contributed by atoms with van der Waals surface area (Å²) in [5, 5.41) is 4.34. The van der Waals surface area contributed by atoms with Crippen LogP contribution >= 0.6 is 23.4 Å². The minimum atomic E-state index is 0.348. The fourth-order valence-electron chi connectivity index (χ4n) is 0.858. The van der Waals surface area contributed by atoms with Crippen LogP contribution in [0.3, 0.4) is 0 Å². The summed E-state index contributed by atoms with van der Waals surface area (Å²) in [6, 6.07) is 2.07. The first-order chi connectivity index (χ1) is 6.11. The monoisotopic (exact) mass is 217 g/mol. The zero-order valence-corrected chi connectivity index (χ0v) is 9.41. The van der Waals surface area contributed by atoms with E-state index in [1.807, 2.05) is 6.26 Å². The summed E-state index contributed by atoms with van der Waals surface area (Å²) in [5.41, 5.74) is 0. The third kappa shape index (κ3) is 3.40. The highest BCUT2D eigenvalue weighted by Crippen LogP contribution is 2.17. The number of rotatable bonds is 3. The fraction of sp³-hybridized carbons (Fsp3) is 0.500. The molecule has 1 rings (SSSR count). The standard InChI is InChI=1S/C8H12ClN3S/c1-5(2)10-7-4-6(9)11-8(12-7)13-3/h4-5H,1-3H3,(H,10,11,12). The van der Waals surface area contributed by atoms with Crippen molar-refractivity contribution in [2.45, 2.75) is 25.0 Å². The molecule has 5 heteroatoms. The minimum absolute atomic E-state index is 0.348. The van der Waals surface area contributed by atoms with Crippen LogP contribution in [0, 0.1) is 0 Å². The van der Waals surface area contributed by atoms with Crippen molar-refractivity contribution in [2.24, 2.45) is 0 Å². The minimum Gasteiger partial charge on any atom is -0.368 e. The number of halogens is 1. The van der Waals surface area contributed by atoms with Gasteiger partial charge in [0, 0.05) is 12.1 Å². The van der Waals surface area contributed by atoms with E-state index < -0.39 is 0 Å². The lowest BCUT2D eigenvalue weighted by atomic mass is 10.4. The molecule has 0 spiro atoms. The van der Waals surface area contributed by atoms with Gasteiger partial charge < -0.3 is 5.32 Å². The van der Waals surface area contributed by atoms with Gasteiger partial charge in [-0.2, -0.15) is 0 Å². The van der Waals surface area contributed by atoms with Gasteiger partial charge in [0.05, 0.1) is 0 Å². The van der Waals surface area contributed by atoms with Crippen LogP contribution in [0.25, 0.3) is 0 Å². The van der Waals surface area contributed by atoms with E-state index in [1.165, 1.54) is 11.8 Å². The van der Waals surface area contributed by atoms with E-state index in [4.69, 9.17) is 11.6 Å². The normalized spacial score (nSPS) is 10.5. The van der Waals surface area contributed by atoms with Crippen LogP contribution in [0.1, 0.15) is 13.8 Å². The van der Waals surface area contributed by atoms with Crippen LogP contribution in [-0.2, 0) is 0 Å². The van der Waals surface area contributed by atoms with E-state index >= 15 is 0 Å². The first kappa shape index (κ1) is 10.6. The molecular formula is C8H12ClN3S. The molecule has 0 unspecified atom stereocenters. The van der Waals surface area contributed by atoms with E-state index in [1.54, 1.807) is 6.07 Å². The molecular weight excluding hydrogens is 206 g/mol. The maximum Gasteiger partial charge on any atom is 0.190 e. The second kappa shape index (κ2) is 4.67. The lowest BCUT2D eigenvalue weighted by molar-refractivity contribution is 0.868. The second-order valence-electron chi connectivity index (χ2n) is 2.86. The van der Waals surface area contributed by atoms with Gasteiger partial charge in [0.2, 0.25) is 0 Å². The van der Waals surface area contributed by atoms with Gasteiger partial charge in [-0.05, 0) is 20.1 Å². The Kier molecular flexibility index (Phi) is 3.81. The van der Waals surface area contributed by atoms with Gasteiger partial charge in [0.25, 0.3) is 0 Å². The van der Waals surface area contributed by atoms with Crippen LogP contribution in [-0.4, -0.2) is 22.3 Å². The van der Waals surface area contributed by atoms with Crippen molar-refractivity contribution in [3.63, 3.8) is 0 Å². The number of thioether (sulfide) groups is 1. The summed E-state index contributed by atoms with van der Waals surface area (Å²) >= 11 is 7.29. The highest BCUT2D eigenvalue weighted by Gasteiger charge is 2.02. The molecule has 1 heterocycles. The van der Waals surface area contributed by atoms with E-state index in [0.717, 1.165) is 5.82 Å². The smallest absolute Gasteiger partial charge is 0.190 e. The molecule has 13 heavy (non-hydrogen) atoms. The molecule has 1 N–H and O–H groups in total. The van der Waals surface area contributed by atoms with Crippen molar-refractivity contribution in [2.75, 3.05) is 11.6 Å². The van der Waals surface area contributed by atoms with Crippen LogP contribution in [0.5, 0.6) is 0 Å². The maximum atomic E-state index is 5.81. The number of nitrogens with one attached hydrogen (secondary N) is 1. The molecule has 0 fully saturated rings. The highest BCUT2D eigenvalue weighted by molar-refractivity contribution is 7.98. The van der Waals surface area contributed by atoms with Gasteiger partial charge in [-0.25, -0.2) is 9.97 Å². The maximum absolute atomic E-state index is 5.81. The van der Waals surface area contributed by atoms with Crippen molar-refractivity contribution in [3.8, 4) is 0 Å². The molecule has 0 saturated carbocycles. The largest absolute Gasteiger partial charge is 0.368 e. The van der Waals surface area contributed by atoms with E-state index in [-0.39, 0.29) is 0 Å². The Bertz CT molecular complexity index is 291. The van der Waals surface area contributed by atoms with Gasteiger partial charge in [-0.15, -0.1) is 0 Å². The summed E-state index contributed by atoms with van der Waals surface area (Å²) in [5.74, 6) is 0.777. The predicted octanol–water partition coefficient (Wildman–Crippen LogP) is 2.67. The molecule has 1 aromatic rings. The summed E-state index contributed by atoms with van der Waals surface area (Å²) in [6.45, 7) is 4.10. The van der Waals surface area contributed by atoms with Gasteiger partial charge in [0.1, 0.15) is 11.0 Å². The molecule has 0 aromatic carbocycles. The van der Waals surface area contributed by atoms with Crippen molar-refractivity contribution in [1.82, 2.24) is 9.97 Å². The molecule has 0 atom stereocenters. The van der Waals surface area contributed by atoms with Gasteiger partial charge in [-0.3, -0.25) is 0 Å². The molecule has 0 amide bonds. The van der Waals surface area contributed by atoms with E-state index in [9.17, 15) is 0 Å². The van der Waals surface area contributed by atoms with E-state index in [0.29, 0.717) is 16.4 Å². The summed E-state index contributed by atoms with van der Waals surface area (Å²) in [4.78, 5) is 8.29. The van der Waals surface area contributed by atoms with Crippen LogP contribution in [0.15, 0.2) is 11.2 Å². The lowest BCUT2D eigenvalue weighted by Crippen LogP contribution is -2.11. The topological polar surface area (TPSA) is 37.8 Å². The summed E-state index contributed by atoms with van der Waals surface area (Å²) in [7, 11) is 0. The van der Waals surface area contributed by atoms with Crippen molar-refractivity contribution < 1.29 is 0 Å². The quantitative estimate of drug-likeness (QED) is 0.480. The lowest BCUT2D eigenvalue weighted by Gasteiger charge is -2.09. The Hall–Kier alpha value is -0.480. The third-order valence-electron chi connectivity index (χ3n) is 1.29. The Morgan fingerprint density at radius 3 is 2.69 bits per heavy atom. The first-order valence-corrected chi connectivity index (χ1v) is 5.57. The Morgan fingerprint density at radius 1 is 1.46 bits per heavy atom. The number of hydrogen-bond donors (Lipinski definition) is 1. The molecule has 0 aliphatic carbocycles. The Balaban J connectivity index is 2.88. The summed E-state index contributed by atoms with van der Waals surface area (Å²) in [6.07, 6.45) is 1.92.